The first kappa shape index (κ1) is 20.7. The van der Waals surface area contributed by atoms with Gasteiger partial charge in [-0.2, -0.15) is 0 Å². The summed E-state index contributed by atoms with van der Waals surface area (Å²) in [4.78, 5) is 26.9. The van der Waals surface area contributed by atoms with E-state index in [1.165, 1.54) is 5.56 Å². The smallest absolute Gasteiger partial charge is 0.227 e. The number of nitrogens with zero attached hydrogens (tertiary/aromatic N) is 1. The van der Waals surface area contributed by atoms with Crippen LogP contribution in [0.4, 0.5) is 5.69 Å². The van der Waals surface area contributed by atoms with Crippen molar-refractivity contribution < 1.29 is 19.1 Å². The zero-order valence-electron chi connectivity index (χ0n) is 17.2. The van der Waals surface area contributed by atoms with Crippen molar-refractivity contribution in [3.8, 4) is 11.5 Å². The summed E-state index contributed by atoms with van der Waals surface area (Å²) in [6.07, 6.45) is 1.96. The molecule has 6 nitrogen and oxygen atoms in total. The van der Waals surface area contributed by atoms with Gasteiger partial charge < -0.3 is 19.7 Å². The van der Waals surface area contributed by atoms with Crippen molar-refractivity contribution in [1.29, 1.82) is 0 Å². The molecule has 6 heteroatoms. The van der Waals surface area contributed by atoms with Gasteiger partial charge in [0.05, 0.1) is 25.8 Å². The molecule has 2 aromatic rings. The van der Waals surface area contributed by atoms with E-state index in [-0.39, 0.29) is 30.2 Å². The van der Waals surface area contributed by atoms with Crippen molar-refractivity contribution in [1.82, 2.24) is 5.32 Å². The van der Waals surface area contributed by atoms with Crippen molar-refractivity contribution in [2.45, 2.75) is 32.2 Å². The number of amides is 2. The number of carbonyl (C=O) groups is 2. The fourth-order valence-corrected chi connectivity index (χ4v) is 3.58. The molecule has 1 heterocycles. The number of hydrogen-bond acceptors (Lipinski definition) is 4. The number of ether oxygens (including phenoxy) is 2. The first-order chi connectivity index (χ1) is 14.0. The Morgan fingerprint density at radius 3 is 2.62 bits per heavy atom. The highest BCUT2D eigenvalue weighted by atomic mass is 16.5. The van der Waals surface area contributed by atoms with Crippen molar-refractivity contribution in [3.05, 3.63) is 54.1 Å². The van der Waals surface area contributed by atoms with Crippen LogP contribution in [0.25, 0.3) is 0 Å². The Bertz CT molecular complexity index is 853. The SMILES string of the molecule is COc1ccc(N2CC(C(=O)NC(C)CCc3ccccc3)CC2=O)c(OC)c1. The summed E-state index contributed by atoms with van der Waals surface area (Å²) >= 11 is 0. The number of aryl methyl sites for hydroxylation is 1. The zero-order valence-corrected chi connectivity index (χ0v) is 17.2. The van der Waals surface area contributed by atoms with Crippen LogP contribution in [0.15, 0.2) is 48.5 Å². The molecule has 2 amide bonds. The Balaban J connectivity index is 1.58. The minimum atomic E-state index is -0.367. The Morgan fingerprint density at radius 2 is 1.93 bits per heavy atom. The fourth-order valence-electron chi connectivity index (χ4n) is 3.58. The highest BCUT2D eigenvalue weighted by Crippen LogP contribution is 2.35. The molecule has 2 atom stereocenters. The quantitative estimate of drug-likeness (QED) is 0.744. The van der Waals surface area contributed by atoms with Gasteiger partial charge >= 0.3 is 0 Å². The first-order valence-electron chi connectivity index (χ1n) is 9.88. The fraction of sp³-hybridized carbons (Fsp3) is 0.391. The van der Waals surface area contributed by atoms with E-state index in [2.05, 4.69) is 17.4 Å². The predicted molar refractivity (Wildman–Crippen MR) is 112 cm³/mol. The molecule has 29 heavy (non-hydrogen) atoms. The van der Waals surface area contributed by atoms with Crippen LogP contribution in [0.1, 0.15) is 25.3 Å². The lowest BCUT2D eigenvalue weighted by molar-refractivity contribution is -0.126. The first-order valence-corrected chi connectivity index (χ1v) is 9.88. The van der Waals surface area contributed by atoms with Gasteiger partial charge in [0.1, 0.15) is 11.5 Å². The topological polar surface area (TPSA) is 67.9 Å². The number of carbonyl (C=O) groups excluding carboxylic acids is 2. The number of nitrogens with one attached hydrogen (secondary N) is 1. The standard InChI is InChI=1S/C23H28N2O4/c1-16(9-10-17-7-5-4-6-8-17)24-23(27)18-13-22(26)25(15-18)20-12-11-19(28-2)14-21(20)29-3/h4-8,11-12,14,16,18H,9-10,13,15H2,1-3H3,(H,24,27). The third kappa shape index (κ3) is 5.08. The molecule has 0 aliphatic carbocycles. The van der Waals surface area contributed by atoms with E-state index in [0.29, 0.717) is 23.7 Å². The molecule has 3 rings (SSSR count). The van der Waals surface area contributed by atoms with Crippen LogP contribution in [0.2, 0.25) is 0 Å². The molecule has 2 aromatic carbocycles. The van der Waals surface area contributed by atoms with Crippen LogP contribution in [0, 0.1) is 5.92 Å². The maximum atomic E-state index is 12.7. The van der Waals surface area contributed by atoms with Crippen molar-refractivity contribution in [3.63, 3.8) is 0 Å². The largest absolute Gasteiger partial charge is 0.497 e. The maximum absolute atomic E-state index is 12.7. The van der Waals surface area contributed by atoms with E-state index in [9.17, 15) is 9.59 Å². The third-order valence-electron chi connectivity index (χ3n) is 5.27. The van der Waals surface area contributed by atoms with E-state index in [1.54, 1.807) is 37.3 Å². The van der Waals surface area contributed by atoms with Crippen LogP contribution in [-0.4, -0.2) is 38.6 Å². The highest BCUT2D eigenvalue weighted by Gasteiger charge is 2.36. The second-order valence-electron chi connectivity index (χ2n) is 7.38. The molecule has 1 fully saturated rings. The summed E-state index contributed by atoms with van der Waals surface area (Å²) in [5.74, 6) is 0.682. The Hall–Kier alpha value is -3.02. The van der Waals surface area contributed by atoms with Gasteiger partial charge in [-0.3, -0.25) is 9.59 Å². The Labute approximate surface area is 171 Å². The van der Waals surface area contributed by atoms with Gasteiger partial charge in [0.25, 0.3) is 0 Å². The second-order valence-corrected chi connectivity index (χ2v) is 7.38. The predicted octanol–water partition coefficient (Wildman–Crippen LogP) is 3.19. The molecule has 1 aliphatic heterocycles. The van der Waals surface area contributed by atoms with Crippen LogP contribution < -0.4 is 19.7 Å². The normalized spacial score (nSPS) is 17.1. The van der Waals surface area contributed by atoms with Crippen molar-refractivity contribution >= 4 is 17.5 Å². The molecule has 2 unspecified atom stereocenters. The molecule has 1 aliphatic rings. The molecular formula is C23H28N2O4. The zero-order chi connectivity index (χ0) is 20.8. The van der Waals surface area contributed by atoms with Crippen LogP contribution >= 0.6 is 0 Å². The van der Waals surface area contributed by atoms with Gasteiger partial charge in [-0.05, 0) is 37.5 Å². The number of benzene rings is 2. The van der Waals surface area contributed by atoms with E-state index >= 15 is 0 Å². The minimum Gasteiger partial charge on any atom is -0.497 e. The monoisotopic (exact) mass is 396 g/mol. The lowest BCUT2D eigenvalue weighted by atomic mass is 10.0. The summed E-state index contributed by atoms with van der Waals surface area (Å²) in [5.41, 5.74) is 1.91. The van der Waals surface area contributed by atoms with Crippen molar-refractivity contribution in [2.75, 3.05) is 25.7 Å². The molecule has 1 N–H and O–H groups in total. The number of rotatable bonds is 8. The van der Waals surface area contributed by atoms with E-state index in [0.717, 1.165) is 12.8 Å². The Kier molecular flexibility index (Phi) is 6.75. The van der Waals surface area contributed by atoms with Crippen molar-refractivity contribution in [2.24, 2.45) is 5.92 Å². The third-order valence-corrected chi connectivity index (χ3v) is 5.27. The molecule has 0 bridgehead atoms. The van der Waals surface area contributed by atoms with E-state index in [4.69, 9.17) is 9.47 Å². The summed E-state index contributed by atoms with van der Waals surface area (Å²) in [7, 11) is 3.13. The molecule has 0 aromatic heterocycles. The van der Waals surface area contributed by atoms with Crippen LogP contribution in [-0.2, 0) is 16.0 Å². The number of methoxy groups -OCH3 is 2. The average Bonchev–Trinajstić information content (AvgIpc) is 3.14. The summed E-state index contributed by atoms with van der Waals surface area (Å²) in [5, 5.41) is 3.06. The second kappa shape index (κ2) is 9.45. The van der Waals surface area contributed by atoms with Gasteiger partial charge in [-0.25, -0.2) is 0 Å². The maximum Gasteiger partial charge on any atom is 0.227 e. The molecular weight excluding hydrogens is 368 g/mol. The number of hydrogen-bond donors (Lipinski definition) is 1. The summed E-state index contributed by atoms with van der Waals surface area (Å²) in [6, 6.07) is 15.6. The molecule has 154 valence electrons. The van der Waals surface area contributed by atoms with Gasteiger partial charge in [0.2, 0.25) is 11.8 Å². The highest BCUT2D eigenvalue weighted by molar-refractivity contribution is 6.01. The Morgan fingerprint density at radius 1 is 1.17 bits per heavy atom. The van der Waals surface area contributed by atoms with Gasteiger partial charge in [-0.1, -0.05) is 30.3 Å². The molecule has 0 radical (unpaired) electrons. The summed E-state index contributed by atoms with van der Waals surface area (Å²) < 4.78 is 10.6. The van der Waals surface area contributed by atoms with Crippen LogP contribution in [0.3, 0.4) is 0 Å². The molecule has 0 spiro atoms. The number of anilines is 1. The van der Waals surface area contributed by atoms with Gasteiger partial charge in [0.15, 0.2) is 0 Å². The molecule has 1 saturated heterocycles. The van der Waals surface area contributed by atoms with Gasteiger partial charge in [-0.15, -0.1) is 0 Å². The lowest BCUT2D eigenvalue weighted by Crippen LogP contribution is -2.38. The molecule has 0 saturated carbocycles. The van der Waals surface area contributed by atoms with Gasteiger partial charge in [0, 0.05) is 25.1 Å². The average molecular weight is 396 g/mol. The lowest BCUT2D eigenvalue weighted by Gasteiger charge is -2.21. The van der Waals surface area contributed by atoms with E-state index in [1.807, 2.05) is 25.1 Å². The minimum absolute atomic E-state index is 0.0439. The summed E-state index contributed by atoms with van der Waals surface area (Å²) in [6.45, 7) is 2.35. The van der Waals surface area contributed by atoms with Crippen LogP contribution in [0.5, 0.6) is 11.5 Å². The van der Waals surface area contributed by atoms with E-state index < -0.39 is 0 Å².